The summed E-state index contributed by atoms with van der Waals surface area (Å²) in [5, 5.41) is 9.36. The Morgan fingerprint density at radius 2 is 2.05 bits per heavy atom. The number of thiophene rings is 1. The fourth-order valence-corrected chi connectivity index (χ4v) is 3.25. The highest BCUT2D eigenvalue weighted by atomic mass is 35.5. The van der Waals surface area contributed by atoms with E-state index in [1.165, 1.54) is 6.20 Å². The van der Waals surface area contributed by atoms with Gasteiger partial charge in [0.15, 0.2) is 0 Å². The molecule has 2 aromatic heterocycles. The highest BCUT2D eigenvalue weighted by Gasteiger charge is 2.19. The molecule has 2 heterocycles. The number of nitrogens with one attached hydrogen (secondary N) is 1. The van der Waals surface area contributed by atoms with Crippen molar-refractivity contribution in [3.05, 3.63) is 68.3 Å². The van der Waals surface area contributed by atoms with Crippen molar-refractivity contribution in [1.82, 2.24) is 14.9 Å². The van der Waals surface area contributed by atoms with E-state index in [4.69, 9.17) is 11.6 Å². The summed E-state index contributed by atoms with van der Waals surface area (Å²) in [7, 11) is 0. The summed E-state index contributed by atoms with van der Waals surface area (Å²) < 4.78 is 3.71. The molecule has 7 heteroatoms. The van der Waals surface area contributed by atoms with E-state index in [0.29, 0.717) is 9.90 Å². The van der Waals surface area contributed by atoms with E-state index in [2.05, 4.69) is 14.9 Å². The number of carbonyl (C=O) groups is 1. The topological polar surface area (TPSA) is 54.9 Å². The number of aromatic nitrogens is 2. The Labute approximate surface area is 134 Å². The van der Waals surface area contributed by atoms with Gasteiger partial charge in [-0.2, -0.15) is 0 Å². The van der Waals surface area contributed by atoms with E-state index in [1.54, 1.807) is 11.3 Å². The van der Waals surface area contributed by atoms with Crippen LogP contribution in [0.1, 0.15) is 26.2 Å². The summed E-state index contributed by atoms with van der Waals surface area (Å²) in [5.41, 5.74) is 0.979. The zero-order valence-corrected chi connectivity index (χ0v) is 13.1. The largest absolute Gasteiger partial charge is 0.340 e. The molecule has 0 unspecified atom stereocenters. The van der Waals surface area contributed by atoms with Gasteiger partial charge in [-0.15, -0.1) is 16.4 Å². The van der Waals surface area contributed by atoms with Crippen LogP contribution in [0.2, 0.25) is 5.02 Å². The monoisotopic (exact) mass is 335 g/mol. The van der Waals surface area contributed by atoms with E-state index < -0.39 is 0 Å². The number of carbonyl (C=O) groups excluding carboxylic acids is 1. The van der Waals surface area contributed by atoms with Crippen LogP contribution in [0.15, 0.2) is 48.0 Å². The molecule has 0 saturated heterocycles. The van der Waals surface area contributed by atoms with Gasteiger partial charge in [-0.1, -0.05) is 34.3 Å². The number of amides is 1. The average molecular weight is 336 g/mol. The molecule has 21 heavy (non-hydrogen) atoms. The molecule has 1 aromatic carbocycles. The molecule has 106 valence electrons. The molecular weight excluding hydrogens is 326 g/mol. The molecule has 0 spiro atoms. The number of hydrogen-bond donors (Lipinski definition) is 1. The first-order valence-electron chi connectivity index (χ1n) is 6.11. The maximum Gasteiger partial charge on any atom is 0.265 e. The molecule has 3 aromatic rings. The van der Waals surface area contributed by atoms with Gasteiger partial charge in [0.1, 0.15) is 4.88 Å². The first kappa shape index (κ1) is 14.2. The molecule has 1 atom stereocenters. The normalized spacial score (nSPS) is 12.0. The zero-order chi connectivity index (χ0) is 14.7. The lowest BCUT2D eigenvalue weighted by atomic mass is 10.1. The van der Waals surface area contributed by atoms with Gasteiger partial charge in [0.25, 0.3) is 5.91 Å². The van der Waals surface area contributed by atoms with Crippen LogP contribution >= 0.6 is 34.5 Å². The van der Waals surface area contributed by atoms with Gasteiger partial charge >= 0.3 is 0 Å². The van der Waals surface area contributed by atoms with Gasteiger partial charge in [0, 0.05) is 9.90 Å². The van der Waals surface area contributed by atoms with E-state index in [0.717, 1.165) is 22.0 Å². The predicted octanol–water partition coefficient (Wildman–Crippen LogP) is 3.77. The SMILES string of the molecule is O=C(N[C@H](c1ccc(Cl)cc1)c1cccs1)c1cnns1. The van der Waals surface area contributed by atoms with E-state index >= 15 is 0 Å². The molecule has 1 amide bonds. The minimum Gasteiger partial charge on any atom is -0.340 e. The van der Waals surface area contributed by atoms with Gasteiger partial charge in [-0.05, 0) is 40.7 Å². The Balaban J connectivity index is 1.90. The molecule has 0 saturated carbocycles. The molecule has 0 aliphatic carbocycles. The smallest absolute Gasteiger partial charge is 0.265 e. The van der Waals surface area contributed by atoms with Crippen LogP contribution < -0.4 is 5.32 Å². The highest BCUT2D eigenvalue weighted by Crippen LogP contribution is 2.27. The van der Waals surface area contributed by atoms with Crippen molar-refractivity contribution in [2.24, 2.45) is 0 Å². The number of nitrogens with zero attached hydrogens (tertiary/aromatic N) is 2. The standard InChI is InChI=1S/C14H10ClN3OS2/c15-10-5-3-9(4-6-10)13(11-2-1-7-20-11)17-14(19)12-8-16-18-21-12/h1-8,13H,(H,17,19)/t13-/m1/s1. The molecular formula is C14H10ClN3OS2. The molecule has 1 N–H and O–H groups in total. The first-order valence-corrected chi connectivity index (χ1v) is 8.14. The molecule has 0 radical (unpaired) electrons. The lowest BCUT2D eigenvalue weighted by Gasteiger charge is -2.17. The van der Waals surface area contributed by atoms with Crippen LogP contribution in [0.4, 0.5) is 0 Å². The lowest BCUT2D eigenvalue weighted by molar-refractivity contribution is 0.0947. The zero-order valence-electron chi connectivity index (χ0n) is 10.7. The molecule has 3 rings (SSSR count). The van der Waals surface area contributed by atoms with Crippen molar-refractivity contribution in [3.8, 4) is 0 Å². The summed E-state index contributed by atoms with van der Waals surface area (Å²) in [6.07, 6.45) is 1.47. The minimum absolute atomic E-state index is 0.182. The first-order chi connectivity index (χ1) is 10.2. The van der Waals surface area contributed by atoms with Gasteiger partial charge in [0.2, 0.25) is 0 Å². The van der Waals surface area contributed by atoms with Gasteiger partial charge in [0.05, 0.1) is 12.2 Å². The third-order valence-corrected chi connectivity index (χ3v) is 4.74. The van der Waals surface area contributed by atoms with Crippen LogP contribution in [0.3, 0.4) is 0 Å². The maximum atomic E-state index is 12.2. The fourth-order valence-electron chi connectivity index (χ4n) is 1.90. The van der Waals surface area contributed by atoms with Crippen LogP contribution in [0.25, 0.3) is 0 Å². The third kappa shape index (κ3) is 3.29. The minimum atomic E-state index is -0.211. The van der Waals surface area contributed by atoms with Crippen LogP contribution in [0.5, 0.6) is 0 Å². The van der Waals surface area contributed by atoms with Crippen molar-refractivity contribution in [1.29, 1.82) is 0 Å². The van der Waals surface area contributed by atoms with Crippen LogP contribution in [-0.4, -0.2) is 15.5 Å². The van der Waals surface area contributed by atoms with E-state index in [-0.39, 0.29) is 11.9 Å². The van der Waals surface area contributed by atoms with Crippen molar-refractivity contribution < 1.29 is 4.79 Å². The van der Waals surface area contributed by atoms with Gasteiger partial charge in [-0.25, -0.2) is 0 Å². The third-order valence-electron chi connectivity index (χ3n) is 2.89. The van der Waals surface area contributed by atoms with Gasteiger partial charge < -0.3 is 5.32 Å². The van der Waals surface area contributed by atoms with Crippen molar-refractivity contribution in [2.45, 2.75) is 6.04 Å². The molecule has 0 bridgehead atoms. The Hall–Kier alpha value is -1.76. The molecule has 0 aliphatic rings. The average Bonchev–Trinajstić information content (AvgIpc) is 3.19. The highest BCUT2D eigenvalue weighted by molar-refractivity contribution is 7.10. The molecule has 4 nitrogen and oxygen atoms in total. The summed E-state index contributed by atoms with van der Waals surface area (Å²) in [6.45, 7) is 0. The second-order valence-electron chi connectivity index (χ2n) is 4.26. The van der Waals surface area contributed by atoms with Gasteiger partial charge in [-0.3, -0.25) is 4.79 Å². The molecule has 0 fully saturated rings. The second kappa shape index (κ2) is 6.34. The summed E-state index contributed by atoms with van der Waals surface area (Å²) in [5.74, 6) is -0.182. The number of hydrogen-bond acceptors (Lipinski definition) is 5. The summed E-state index contributed by atoms with van der Waals surface area (Å²) in [6, 6.07) is 11.2. The quantitative estimate of drug-likeness (QED) is 0.789. The Kier molecular flexibility index (Phi) is 4.28. The van der Waals surface area contributed by atoms with Crippen LogP contribution in [-0.2, 0) is 0 Å². The Morgan fingerprint density at radius 1 is 1.24 bits per heavy atom. The van der Waals surface area contributed by atoms with Crippen molar-refractivity contribution >= 4 is 40.4 Å². The maximum absolute atomic E-state index is 12.2. The lowest BCUT2D eigenvalue weighted by Crippen LogP contribution is -2.28. The second-order valence-corrected chi connectivity index (χ2v) is 6.46. The Bertz CT molecular complexity index is 711. The van der Waals surface area contributed by atoms with Crippen molar-refractivity contribution in [2.75, 3.05) is 0 Å². The molecule has 0 aliphatic heterocycles. The van der Waals surface area contributed by atoms with E-state index in [1.807, 2.05) is 41.8 Å². The predicted molar refractivity (Wildman–Crippen MR) is 85.0 cm³/mol. The van der Waals surface area contributed by atoms with Crippen LogP contribution in [0, 0.1) is 0 Å². The number of halogens is 1. The fraction of sp³-hybridized carbons (Fsp3) is 0.0714. The summed E-state index contributed by atoms with van der Waals surface area (Å²) in [4.78, 5) is 13.8. The Morgan fingerprint density at radius 3 is 2.67 bits per heavy atom. The summed E-state index contributed by atoms with van der Waals surface area (Å²) >= 11 is 8.60. The van der Waals surface area contributed by atoms with E-state index in [9.17, 15) is 4.79 Å². The number of rotatable bonds is 4. The number of benzene rings is 1. The van der Waals surface area contributed by atoms with Crippen molar-refractivity contribution in [3.63, 3.8) is 0 Å².